The molecule has 1 saturated heterocycles. The molecule has 0 radical (unpaired) electrons. The number of hydrogen-bond donors (Lipinski definition) is 0. The monoisotopic (exact) mass is 585 g/mol. The van der Waals surface area contributed by atoms with Gasteiger partial charge in [0.25, 0.3) is 0 Å². The number of piperidine rings is 1. The molecule has 8 heteroatoms. The number of carbonyl (C=O) groups is 2. The molecule has 0 spiro atoms. The van der Waals surface area contributed by atoms with E-state index in [-0.39, 0.29) is 29.8 Å². The van der Waals surface area contributed by atoms with Gasteiger partial charge in [0, 0.05) is 18.9 Å². The molecule has 8 nitrogen and oxygen atoms in total. The second-order valence-corrected chi connectivity index (χ2v) is 11.5. The largest absolute Gasteiger partial charge is 0.493 e. The van der Waals surface area contributed by atoms with Crippen LogP contribution in [0.3, 0.4) is 0 Å². The lowest BCUT2D eigenvalue weighted by molar-refractivity contribution is -0.163. The molecule has 1 amide bonds. The first-order chi connectivity index (χ1) is 20.4. The minimum atomic E-state index is -0.594. The van der Waals surface area contributed by atoms with Crippen LogP contribution in [0.1, 0.15) is 83.1 Å². The fourth-order valence-electron chi connectivity index (χ4n) is 6.01. The van der Waals surface area contributed by atoms with Crippen molar-refractivity contribution < 1.29 is 33.3 Å². The number of amides is 1. The van der Waals surface area contributed by atoms with Gasteiger partial charge < -0.3 is 28.6 Å². The number of esters is 1. The normalized spacial score (nSPS) is 19.7. The van der Waals surface area contributed by atoms with Crippen LogP contribution in [0, 0.1) is 11.8 Å². The second-order valence-electron chi connectivity index (χ2n) is 11.5. The van der Waals surface area contributed by atoms with E-state index in [2.05, 4.69) is 13.2 Å². The summed E-state index contributed by atoms with van der Waals surface area (Å²) in [5.74, 6) is 0.937. The van der Waals surface area contributed by atoms with Gasteiger partial charge in [-0.2, -0.15) is 0 Å². The number of benzene rings is 1. The molecule has 3 rings (SSSR count). The lowest BCUT2D eigenvalue weighted by Crippen LogP contribution is -2.51. The van der Waals surface area contributed by atoms with Crippen molar-refractivity contribution in [2.75, 3.05) is 40.6 Å². The van der Waals surface area contributed by atoms with E-state index in [0.29, 0.717) is 56.5 Å². The van der Waals surface area contributed by atoms with Crippen molar-refractivity contribution in [3.63, 3.8) is 0 Å². The van der Waals surface area contributed by atoms with Crippen molar-refractivity contribution in [2.45, 2.75) is 89.7 Å². The first-order valence-corrected chi connectivity index (χ1v) is 15.6. The van der Waals surface area contributed by atoms with Gasteiger partial charge in [-0.25, -0.2) is 4.79 Å². The van der Waals surface area contributed by atoms with Crippen molar-refractivity contribution in [1.82, 2.24) is 4.90 Å². The zero-order chi connectivity index (χ0) is 30.5. The Kier molecular flexibility index (Phi) is 13.7. The summed E-state index contributed by atoms with van der Waals surface area (Å²) in [6.45, 7) is 13.3. The Morgan fingerprint density at radius 1 is 0.976 bits per heavy atom. The van der Waals surface area contributed by atoms with Gasteiger partial charge in [0.1, 0.15) is 12.1 Å². The minimum Gasteiger partial charge on any atom is -0.493 e. The highest BCUT2D eigenvalue weighted by Gasteiger charge is 2.41. The van der Waals surface area contributed by atoms with E-state index in [4.69, 9.17) is 23.7 Å². The number of rotatable bonds is 16. The summed E-state index contributed by atoms with van der Waals surface area (Å²) >= 11 is 0. The van der Waals surface area contributed by atoms with Crippen LogP contribution >= 0.6 is 0 Å². The number of ether oxygens (including phenoxy) is 5. The van der Waals surface area contributed by atoms with Gasteiger partial charge in [0.2, 0.25) is 11.7 Å². The molecule has 4 atom stereocenters. The molecule has 1 heterocycles. The molecule has 1 aliphatic heterocycles. The SMILES string of the molecule is C=CCOCCCOc1cc([C@@H](C(=O)N2CCCC[C@H]2C(=O)O[C@H](C)[C@H](C)C=C)C2CCCCC2)cc(OC)c1OC. The van der Waals surface area contributed by atoms with Crippen LogP contribution in [0.5, 0.6) is 17.2 Å². The molecule has 1 aliphatic carbocycles. The number of likely N-dealkylation sites (tertiary alicyclic amines) is 1. The number of hydrogen-bond acceptors (Lipinski definition) is 7. The Bertz CT molecular complexity index is 1030. The minimum absolute atomic E-state index is 0.0235. The van der Waals surface area contributed by atoms with Crippen molar-refractivity contribution >= 4 is 11.9 Å². The summed E-state index contributed by atoms with van der Waals surface area (Å²) in [5.41, 5.74) is 0.828. The van der Waals surface area contributed by atoms with Crippen molar-refractivity contribution in [3.05, 3.63) is 43.0 Å². The van der Waals surface area contributed by atoms with Gasteiger partial charge >= 0.3 is 5.97 Å². The standard InChI is InChI=1S/C34H51NO7/c1-7-19-40-20-14-21-41-30-23-27(22-29(38-5)32(30)39-6)31(26-15-10-9-11-16-26)33(36)35-18-13-12-17-28(35)34(37)42-25(4)24(3)8-2/h7-8,22-26,28,31H,1-2,9-21H2,3-6H3/t24-,25-,28+,31+/m1/s1. The van der Waals surface area contributed by atoms with Gasteiger partial charge in [-0.1, -0.05) is 38.3 Å². The Balaban J connectivity index is 1.94. The highest BCUT2D eigenvalue weighted by molar-refractivity contribution is 5.89. The van der Waals surface area contributed by atoms with Crippen LogP contribution in [0.4, 0.5) is 0 Å². The zero-order valence-electron chi connectivity index (χ0n) is 26.1. The second kappa shape index (κ2) is 17.2. The Labute approximate surface area is 252 Å². The van der Waals surface area contributed by atoms with Gasteiger partial charge in [0.15, 0.2) is 11.5 Å². The maximum Gasteiger partial charge on any atom is 0.329 e. The molecule has 2 fully saturated rings. The average Bonchev–Trinajstić information content (AvgIpc) is 3.02. The Morgan fingerprint density at radius 2 is 1.69 bits per heavy atom. The smallest absolute Gasteiger partial charge is 0.329 e. The van der Waals surface area contributed by atoms with Crippen LogP contribution in [-0.2, 0) is 19.1 Å². The zero-order valence-corrected chi connectivity index (χ0v) is 26.1. The van der Waals surface area contributed by atoms with E-state index in [1.54, 1.807) is 31.3 Å². The lowest BCUT2D eigenvalue weighted by Gasteiger charge is -2.40. The molecule has 42 heavy (non-hydrogen) atoms. The van der Waals surface area contributed by atoms with Gasteiger partial charge in [0.05, 0.1) is 40.0 Å². The quantitative estimate of drug-likeness (QED) is 0.125. The molecule has 1 aromatic carbocycles. The van der Waals surface area contributed by atoms with E-state index in [1.165, 1.54) is 6.42 Å². The molecule has 0 bridgehead atoms. The number of methoxy groups -OCH3 is 2. The summed E-state index contributed by atoms with van der Waals surface area (Å²) in [6, 6.07) is 3.23. The van der Waals surface area contributed by atoms with Gasteiger partial charge in [-0.15, -0.1) is 13.2 Å². The molecule has 1 saturated carbocycles. The van der Waals surface area contributed by atoms with Crippen LogP contribution in [0.15, 0.2) is 37.4 Å². The molecule has 234 valence electrons. The summed E-state index contributed by atoms with van der Waals surface area (Å²) in [7, 11) is 3.17. The third-order valence-electron chi connectivity index (χ3n) is 8.61. The number of carbonyl (C=O) groups excluding carboxylic acids is 2. The van der Waals surface area contributed by atoms with E-state index in [1.807, 2.05) is 26.0 Å². The fraction of sp³-hybridized carbons (Fsp3) is 0.647. The van der Waals surface area contributed by atoms with Gasteiger partial charge in [-0.3, -0.25) is 4.79 Å². The highest BCUT2D eigenvalue weighted by atomic mass is 16.5. The van der Waals surface area contributed by atoms with E-state index >= 15 is 0 Å². The molecule has 2 aliphatic rings. The predicted molar refractivity (Wildman–Crippen MR) is 164 cm³/mol. The Hall–Kier alpha value is -3.00. The van der Waals surface area contributed by atoms with E-state index in [0.717, 1.165) is 44.1 Å². The molecule has 1 aromatic rings. The molecule has 0 unspecified atom stereocenters. The molecular weight excluding hydrogens is 534 g/mol. The van der Waals surface area contributed by atoms with E-state index < -0.39 is 12.0 Å². The fourth-order valence-corrected chi connectivity index (χ4v) is 6.01. The van der Waals surface area contributed by atoms with Crippen molar-refractivity contribution in [2.24, 2.45) is 11.8 Å². The molecule has 0 aromatic heterocycles. The maximum absolute atomic E-state index is 14.6. The Morgan fingerprint density at radius 3 is 2.36 bits per heavy atom. The van der Waals surface area contributed by atoms with Crippen LogP contribution in [-0.4, -0.2) is 69.5 Å². The van der Waals surface area contributed by atoms with Crippen LogP contribution in [0.25, 0.3) is 0 Å². The third kappa shape index (κ3) is 8.76. The lowest BCUT2D eigenvalue weighted by atomic mass is 9.75. The average molecular weight is 586 g/mol. The van der Waals surface area contributed by atoms with Crippen molar-refractivity contribution in [3.8, 4) is 17.2 Å². The molecular formula is C34H51NO7. The summed E-state index contributed by atoms with van der Waals surface area (Å²) in [5, 5.41) is 0. The molecule has 0 N–H and O–H groups in total. The van der Waals surface area contributed by atoms with Crippen LogP contribution in [0.2, 0.25) is 0 Å². The van der Waals surface area contributed by atoms with Crippen LogP contribution < -0.4 is 14.2 Å². The third-order valence-corrected chi connectivity index (χ3v) is 8.61. The summed E-state index contributed by atoms with van der Waals surface area (Å²) < 4.78 is 28.9. The topological polar surface area (TPSA) is 83.5 Å². The van der Waals surface area contributed by atoms with Gasteiger partial charge in [-0.05, 0) is 62.6 Å². The number of nitrogens with zero attached hydrogens (tertiary/aromatic N) is 1. The predicted octanol–water partition coefficient (Wildman–Crippen LogP) is 6.47. The first-order valence-electron chi connectivity index (χ1n) is 15.6. The highest BCUT2D eigenvalue weighted by Crippen LogP contribution is 2.45. The summed E-state index contributed by atoms with van der Waals surface area (Å²) in [4.78, 5) is 29.8. The summed E-state index contributed by atoms with van der Waals surface area (Å²) in [6.07, 6.45) is 11.5. The first kappa shape index (κ1) is 33.5. The van der Waals surface area contributed by atoms with E-state index in [9.17, 15) is 9.59 Å². The van der Waals surface area contributed by atoms with Crippen molar-refractivity contribution in [1.29, 1.82) is 0 Å². The maximum atomic E-state index is 14.6.